The van der Waals surface area contributed by atoms with E-state index in [9.17, 15) is 0 Å². The Morgan fingerprint density at radius 2 is 1.93 bits per heavy atom. The molecule has 2 aliphatic heterocycles. The maximum absolute atomic E-state index is 5.41. The number of anilines is 1. The molecule has 29 heavy (non-hydrogen) atoms. The van der Waals surface area contributed by atoms with Crippen LogP contribution in [-0.4, -0.2) is 69.9 Å². The summed E-state index contributed by atoms with van der Waals surface area (Å²) >= 11 is 0. The van der Waals surface area contributed by atoms with Gasteiger partial charge in [-0.2, -0.15) is 0 Å². The van der Waals surface area contributed by atoms with Crippen LogP contribution in [0.15, 0.2) is 29.3 Å². The number of rotatable bonds is 9. The Morgan fingerprint density at radius 3 is 2.69 bits per heavy atom. The van der Waals surface area contributed by atoms with Crippen molar-refractivity contribution in [1.29, 1.82) is 0 Å². The van der Waals surface area contributed by atoms with Gasteiger partial charge in [0.2, 0.25) is 0 Å². The number of benzene rings is 1. The van der Waals surface area contributed by atoms with Crippen molar-refractivity contribution in [3.63, 3.8) is 0 Å². The van der Waals surface area contributed by atoms with Gasteiger partial charge in [0, 0.05) is 45.0 Å². The van der Waals surface area contributed by atoms with Crippen LogP contribution in [-0.2, 0) is 4.74 Å². The summed E-state index contributed by atoms with van der Waals surface area (Å²) in [4.78, 5) is 9.78. The van der Waals surface area contributed by atoms with Gasteiger partial charge in [0.1, 0.15) is 0 Å². The first-order valence-electron chi connectivity index (χ1n) is 11.5. The lowest BCUT2D eigenvalue weighted by molar-refractivity contribution is 0.0373. The highest BCUT2D eigenvalue weighted by Gasteiger charge is 2.14. The molecule has 0 radical (unpaired) electrons. The molecule has 1 unspecified atom stereocenters. The van der Waals surface area contributed by atoms with Crippen LogP contribution < -0.4 is 15.5 Å². The van der Waals surface area contributed by atoms with Crippen molar-refractivity contribution in [2.75, 3.05) is 63.9 Å². The van der Waals surface area contributed by atoms with E-state index in [1.54, 1.807) is 0 Å². The second-order valence-corrected chi connectivity index (χ2v) is 8.08. The SMILES string of the molecule is CCNC(=NCCCCN1CCOCC1)NC(C)c1cccc(N2CCCC2)c1. The summed E-state index contributed by atoms with van der Waals surface area (Å²) in [6, 6.07) is 9.17. The summed E-state index contributed by atoms with van der Waals surface area (Å²) in [5, 5.41) is 6.98. The molecule has 2 aliphatic rings. The molecule has 1 aromatic carbocycles. The third kappa shape index (κ3) is 7.19. The molecule has 2 N–H and O–H groups in total. The Morgan fingerprint density at radius 1 is 1.14 bits per heavy atom. The van der Waals surface area contributed by atoms with Gasteiger partial charge in [0.15, 0.2) is 5.96 Å². The Balaban J connectivity index is 1.46. The Bertz CT molecular complexity index is 623. The van der Waals surface area contributed by atoms with E-state index < -0.39 is 0 Å². The molecule has 0 bridgehead atoms. The van der Waals surface area contributed by atoms with Crippen LogP contribution in [0.25, 0.3) is 0 Å². The van der Waals surface area contributed by atoms with Crippen molar-refractivity contribution < 1.29 is 4.74 Å². The minimum absolute atomic E-state index is 0.226. The van der Waals surface area contributed by atoms with Gasteiger partial charge in [0.25, 0.3) is 0 Å². The monoisotopic (exact) mass is 401 g/mol. The highest BCUT2D eigenvalue weighted by molar-refractivity contribution is 5.80. The van der Waals surface area contributed by atoms with Gasteiger partial charge < -0.3 is 20.3 Å². The van der Waals surface area contributed by atoms with E-state index in [1.165, 1.54) is 43.6 Å². The summed E-state index contributed by atoms with van der Waals surface area (Å²) in [5.41, 5.74) is 2.66. The normalized spacial score (nSPS) is 19.4. The fourth-order valence-electron chi connectivity index (χ4n) is 4.04. The van der Waals surface area contributed by atoms with Crippen molar-refractivity contribution in [2.24, 2.45) is 4.99 Å². The van der Waals surface area contributed by atoms with Crippen LogP contribution in [0.4, 0.5) is 5.69 Å². The van der Waals surface area contributed by atoms with Crippen LogP contribution in [0.5, 0.6) is 0 Å². The van der Waals surface area contributed by atoms with Crippen molar-refractivity contribution in [1.82, 2.24) is 15.5 Å². The molecule has 0 spiro atoms. The molecule has 1 aromatic rings. The minimum atomic E-state index is 0.226. The first-order valence-corrected chi connectivity index (χ1v) is 11.5. The summed E-state index contributed by atoms with van der Waals surface area (Å²) in [6.07, 6.45) is 4.92. The lowest BCUT2D eigenvalue weighted by Gasteiger charge is -2.26. The van der Waals surface area contributed by atoms with Crippen molar-refractivity contribution in [3.8, 4) is 0 Å². The summed E-state index contributed by atoms with van der Waals surface area (Å²) in [6.45, 7) is 13.5. The predicted molar refractivity (Wildman–Crippen MR) is 122 cm³/mol. The van der Waals surface area contributed by atoms with Crippen LogP contribution >= 0.6 is 0 Å². The molecule has 3 rings (SSSR count). The number of unbranched alkanes of at least 4 members (excludes halogenated alkanes) is 1. The quantitative estimate of drug-likeness (QED) is 0.378. The standard InChI is InChI=1S/C23H39N5O/c1-3-24-23(25-11-4-5-12-27-15-17-29-18-16-27)26-20(2)21-9-8-10-22(19-21)28-13-6-7-14-28/h8-10,19-20H,3-7,11-18H2,1-2H3,(H2,24,25,26). The molecule has 2 heterocycles. The van der Waals surface area contributed by atoms with Gasteiger partial charge in [0.05, 0.1) is 19.3 Å². The van der Waals surface area contributed by atoms with Crippen LogP contribution in [0.1, 0.15) is 51.1 Å². The maximum Gasteiger partial charge on any atom is 0.191 e. The molecule has 6 heteroatoms. The van der Waals surface area contributed by atoms with E-state index in [1.807, 2.05) is 0 Å². The van der Waals surface area contributed by atoms with Gasteiger partial charge in [-0.3, -0.25) is 9.89 Å². The number of nitrogens with one attached hydrogen (secondary N) is 2. The number of ether oxygens (including phenoxy) is 1. The van der Waals surface area contributed by atoms with E-state index in [0.717, 1.165) is 58.3 Å². The van der Waals surface area contributed by atoms with E-state index in [4.69, 9.17) is 9.73 Å². The summed E-state index contributed by atoms with van der Waals surface area (Å²) < 4.78 is 5.41. The van der Waals surface area contributed by atoms with E-state index in [2.05, 4.69) is 58.5 Å². The topological polar surface area (TPSA) is 52.1 Å². The lowest BCUT2D eigenvalue weighted by Crippen LogP contribution is -2.39. The molecule has 162 valence electrons. The zero-order valence-electron chi connectivity index (χ0n) is 18.3. The van der Waals surface area contributed by atoms with Crippen molar-refractivity contribution >= 4 is 11.6 Å². The average Bonchev–Trinajstić information content (AvgIpc) is 3.29. The molecule has 1 atom stereocenters. The second-order valence-electron chi connectivity index (χ2n) is 8.08. The third-order valence-corrected chi connectivity index (χ3v) is 5.79. The Kier molecular flexibility index (Phi) is 9.09. The molecular formula is C23H39N5O. The molecular weight excluding hydrogens is 362 g/mol. The first kappa shape index (κ1) is 21.9. The van der Waals surface area contributed by atoms with E-state index in [-0.39, 0.29) is 6.04 Å². The predicted octanol–water partition coefficient (Wildman–Crippen LogP) is 3.02. The number of aliphatic imine (C=N–C) groups is 1. The number of hydrogen-bond donors (Lipinski definition) is 2. The third-order valence-electron chi connectivity index (χ3n) is 5.79. The number of hydrogen-bond acceptors (Lipinski definition) is 4. The van der Waals surface area contributed by atoms with Crippen LogP contribution in [0, 0.1) is 0 Å². The zero-order valence-corrected chi connectivity index (χ0v) is 18.3. The fourth-order valence-corrected chi connectivity index (χ4v) is 4.04. The minimum Gasteiger partial charge on any atom is -0.379 e. The lowest BCUT2D eigenvalue weighted by atomic mass is 10.1. The first-order chi connectivity index (χ1) is 14.3. The van der Waals surface area contributed by atoms with Crippen LogP contribution in [0.3, 0.4) is 0 Å². The largest absolute Gasteiger partial charge is 0.379 e. The zero-order chi connectivity index (χ0) is 20.3. The van der Waals surface area contributed by atoms with Gasteiger partial charge in [-0.15, -0.1) is 0 Å². The number of guanidine groups is 1. The molecule has 0 saturated carbocycles. The second kappa shape index (κ2) is 12.0. The smallest absolute Gasteiger partial charge is 0.191 e. The Labute approximate surface area is 176 Å². The molecule has 2 saturated heterocycles. The van der Waals surface area contributed by atoms with Gasteiger partial charge >= 0.3 is 0 Å². The molecule has 0 aromatic heterocycles. The summed E-state index contributed by atoms with van der Waals surface area (Å²) in [5.74, 6) is 0.915. The number of nitrogens with zero attached hydrogens (tertiary/aromatic N) is 3. The van der Waals surface area contributed by atoms with Gasteiger partial charge in [-0.05, 0) is 63.8 Å². The van der Waals surface area contributed by atoms with Crippen molar-refractivity contribution in [2.45, 2.75) is 45.6 Å². The highest BCUT2D eigenvalue weighted by atomic mass is 16.5. The molecule has 0 aliphatic carbocycles. The van der Waals surface area contributed by atoms with Gasteiger partial charge in [-0.1, -0.05) is 12.1 Å². The fraction of sp³-hybridized carbons (Fsp3) is 0.696. The highest BCUT2D eigenvalue weighted by Crippen LogP contribution is 2.23. The maximum atomic E-state index is 5.41. The number of morpholine rings is 1. The molecule has 2 fully saturated rings. The average molecular weight is 402 g/mol. The van der Waals surface area contributed by atoms with E-state index in [0.29, 0.717) is 0 Å². The molecule has 0 amide bonds. The summed E-state index contributed by atoms with van der Waals surface area (Å²) in [7, 11) is 0. The van der Waals surface area contributed by atoms with Crippen LogP contribution in [0.2, 0.25) is 0 Å². The van der Waals surface area contributed by atoms with Crippen molar-refractivity contribution in [3.05, 3.63) is 29.8 Å². The molecule has 6 nitrogen and oxygen atoms in total. The van der Waals surface area contributed by atoms with E-state index >= 15 is 0 Å². The van der Waals surface area contributed by atoms with Gasteiger partial charge in [-0.25, -0.2) is 0 Å². The Hall–Kier alpha value is -1.79.